The fourth-order valence-corrected chi connectivity index (χ4v) is 2.61. The Labute approximate surface area is 147 Å². The van der Waals surface area contributed by atoms with Gasteiger partial charge < -0.3 is 25.4 Å². The molecule has 0 amide bonds. The SMILES string of the molecule is N=C/C=C(\N)c1ccc(Oc2ccc(OCC3CCCO3)cc2)cc1. The number of rotatable bonds is 7. The third-order valence-corrected chi connectivity index (χ3v) is 3.97. The fourth-order valence-electron chi connectivity index (χ4n) is 2.61. The average Bonchev–Trinajstić information content (AvgIpc) is 3.15. The molecule has 0 aromatic heterocycles. The van der Waals surface area contributed by atoms with Crippen LogP contribution >= 0.6 is 0 Å². The van der Waals surface area contributed by atoms with Gasteiger partial charge in [-0.3, -0.25) is 0 Å². The molecule has 0 radical (unpaired) electrons. The molecule has 2 aromatic rings. The summed E-state index contributed by atoms with van der Waals surface area (Å²) in [6, 6.07) is 15.0. The molecule has 5 heteroatoms. The number of hydrogen-bond donors (Lipinski definition) is 2. The van der Waals surface area contributed by atoms with Crippen LogP contribution in [0.4, 0.5) is 0 Å². The third-order valence-electron chi connectivity index (χ3n) is 3.97. The van der Waals surface area contributed by atoms with Gasteiger partial charge in [0.15, 0.2) is 0 Å². The summed E-state index contributed by atoms with van der Waals surface area (Å²) in [5.74, 6) is 2.27. The molecule has 0 aliphatic carbocycles. The predicted octanol–water partition coefficient (Wildman–Crippen LogP) is 3.99. The molecule has 0 bridgehead atoms. The normalized spacial score (nSPS) is 17.3. The second kappa shape index (κ2) is 8.35. The van der Waals surface area contributed by atoms with Crippen molar-refractivity contribution in [2.75, 3.05) is 13.2 Å². The largest absolute Gasteiger partial charge is 0.491 e. The van der Waals surface area contributed by atoms with Crippen molar-refractivity contribution >= 4 is 11.9 Å². The van der Waals surface area contributed by atoms with E-state index in [1.807, 2.05) is 48.5 Å². The maximum atomic E-state index is 7.05. The molecular weight excluding hydrogens is 316 g/mol. The van der Waals surface area contributed by atoms with Crippen LogP contribution in [0, 0.1) is 5.41 Å². The van der Waals surface area contributed by atoms with Crippen LogP contribution in [-0.2, 0) is 4.74 Å². The third kappa shape index (κ3) is 4.84. The lowest BCUT2D eigenvalue weighted by molar-refractivity contribution is 0.0679. The standard InChI is InChI=1S/C20H22N2O3/c21-12-11-20(22)15-3-5-17(6-4-15)25-18-9-7-16(8-10-18)24-14-19-2-1-13-23-19/h3-12,19,21H,1-2,13-14,22H2/b20-11-,21-12?. The van der Waals surface area contributed by atoms with Crippen LogP contribution in [0.3, 0.4) is 0 Å². The second-order valence-electron chi connectivity index (χ2n) is 5.83. The molecule has 1 heterocycles. The molecule has 1 unspecified atom stereocenters. The van der Waals surface area contributed by atoms with E-state index in [2.05, 4.69) is 0 Å². The van der Waals surface area contributed by atoms with Gasteiger partial charge in [0.1, 0.15) is 23.9 Å². The van der Waals surface area contributed by atoms with Crippen molar-refractivity contribution in [3.8, 4) is 17.2 Å². The van der Waals surface area contributed by atoms with Crippen molar-refractivity contribution in [2.24, 2.45) is 5.73 Å². The summed E-state index contributed by atoms with van der Waals surface area (Å²) in [4.78, 5) is 0. The molecule has 3 rings (SSSR count). The number of benzene rings is 2. The van der Waals surface area contributed by atoms with E-state index in [0.29, 0.717) is 12.3 Å². The van der Waals surface area contributed by atoms with Crippen LogP contribution < -0.4 is 15.2 Å². The first-order chi connectivity index (χ1) is 12.2. The monoisotopic (exact) mass is 338 g/mol. The van der Waals surface area contributed by atoms with Crippen LogP contribution in [0.25, 0.3) is 5.70 Å². The fraction of sp³-hybridized carbons (Fsp3) is 0.250. The molecule has 1 atom stereocenters. The lowest BCUT2D eigenvalue weighted by Crippen LogP contribution is -2.16. The van der Waals surface area contributed by atoms with Crippen molar-refractivity contribution in [3.05, 3.63) is 60.2 Å². The number of allylic oxidation sites excluding steroid dienone is 1. The maximum absolute atomic E-state index is 7.05. The predicted molar refractivity (Wildman–Crippen MR) is 98.4 cm³/mol. The zero-order chi connectivity index (χ0) is 17.5. The van der Waals surface area contributed by atoms with E-state index in [1.165, 1.54) is 6.21 Å². The Morgan fingerprint density at radius 1 is 1.08 bits per heavy atom. The highest BCUT2D eigenvalue weighted by Gasteiger charge is 2.15. The molecule has 1 aliphatic rings. The average molecular weight is 338 g/mol. The van der Waals surface area contributed by atoms with Crippen molar-refractivity contribution in [1.82, 2.24) is 0 Å². The van der Waals surface area contributed by atoms with Crippen LogP contribution in [0.2, 0.25) is 0 Å². The van der Waals surface area contributed by atoms with E-state index in [-0.39, 0.29) is 6.10 Å². The molecule has 5 nitrogen and oxygen atoms in total. The smallest absolute Gasteiger partial charge is 0.127 e. The Bertz CT molecular complexity index is 718. The summed E-state index contributed by atoms with van der Waals surface area (Å²) in [7, 11) is 0. The lowest BCUT2D eigenvalue weighted by Gasteiger charge is -2.12. The van der Waals surface area contributed by atoms with Gasteiger partial charge in [0.25, 0.3) is 0 Å². The first-order valence-electron chi connectivity index (χ1n) is 8.33. The van der Waals surface area contributed by atoms with E-state index >= 15 is 0 Å². The number of nitrogens with two attached hydrogens (primary N) is 1. The van der Waals surface area contributed by atoms with Crippen molar-refractivity contribution in [2.45, 2.75) is 18.9 Å². The maximum Gasteiger partial charge on any atom is 0.127 e. The Morgan fingerprint density at radius 3 is 2.32 bits per heavy atom. The zero-order valence-corrected chi connectivity index (χ0v) is 14.0. The van der Waals surface area contributed by atoms with Gasteiger partial charge in [0.05, 0.1) is 6.10 Å². The van der Waals surface area contributed by atoms with Gasteiger partial charge in [-0.05, 0) is 73.0 Å². The van der Waals surface area contributed by atoms with Gasteiger partial charge >= 0.3 is 0 Å². The van der Waals surface area contributed by atoms with Crippen LogP contribution in [0.1, 0.15) is 18.4 Å². The first-order valence-corrected chi connectivity index (χ1v) is 8.33. The number of ether oxygens (including phenoxy) is 3. The minimum atomic E-state index is 0.212. The van der Waals surface area contributed by atoms with Crippen LogP contribution in [-0.4, -0.2) is 25.5 Å². The Kier molecular flexibility index (Phi) is 5.69. The van der Waals surface area contributed by atoms with Gasteiger partial charge in [0, 0.05) is 18.5 Å². The van der Waals surface area contributed by atoms with E-state index < -0.39 is 0 Å². The quantitative estimate of drug-likeness (QED) is 0.748. The van der Waals surface area contributed by atoms with Crippen LogP contribution in [0.5, 0.6) is 17.2 Å². The van der Waals surface area contributed by atoms with Gasteiger partial charge in [-0.15, -0.1) is 0 Å². The highest BCUT2D eigenvalue weighted by Crippen LogP contribution is 2.25. The molecule has 1 fully saturated rings. The molecular formula is C20H22N2O3. The highest BCUT2D eigenvalue weighted by atomic mass is 16.5. The molecule has 3 N–H and O–H groups in total. The Hall–Kier alpha value is -2.79. The van der Waals surface area contributed by atoms with Gasteiger partial charge in [-0.1, -0.05) is 0 Å². The number of nitrogens with one attached hydrogen (secondary N) is 1. The Morgan fingerprint density at radius 2 is 1.72 bits per heavy atom. The van der Waals surface area contributed by atoms with Crippen LogP contribution in [0.15, 0.2) is 54.6 Å². The topological polar surface area (TPSA) is 77.6 Å². The van der Waals surface area contributed by atoms with Crippen molar-refractivity contribution < 1.29 is 14.2 Å². The number of hydrogen-bond acceptors (Lipinski definition) is 5. The molecule has 0 saturated carbocycles. The minimum absolute atomic E-state index is 0.212. The summed E-state index contributed by atoms with van der Waals surface area (Å²) >= 11 is 0. The van der Waals surface area contributed by atoms with Gasteiger partial charge in [-0.2, -0.15) is 0 Å². The molecule has 1 aliphatic heterocycles. The van der Waals surface area contributed by atoms with Crippen molar-refractivity contribution in [3.63, 3.8) is 0 Å². The minimum Gasteiger partial charge on any atom is -0.491 e. The summed E-state index contributed by atoms with van der Waals surface area (Å²) in [5, 5.41) is 7.05. The van der Waals surface area contributed by atoms with Gasteiger partial charge in [0.2, 0.25) is 0 Å². The van der Waals surface area contributed by atoms with E-state index in [9.17, 15) is 0 Å². The second-order valence-corrected chi connectivity index (χ2v) is 5.83. The molecule has 130 valence electrons. The molecule has 25 heavy (non-hydrogen) atoms. The van der Waals surface area contributed by atoms with E-state index in [4.69, 9.17) is 25.4 Å². The van der Waals surface area contributed by atoms with Gasteiger partial charge in [-0.25, -0.2) is 0 Å². The zero-order valence-electron chi connectivity index (χ0n) is 14.0. The molecule has 2 aromatic carbocycles. The van der Waals surface area contributed by atoms with Crippen molar-refractivity contribution in [1.29, 1.82) is 5.41 Å². The summed E-state index contributed by atoms with van der Waals surface area (Å²) < 4.78 is 17.1. The molecule has 1 saturated heterocycles. The lowest BCUT2D eigenvalue weighted by atomic mass is 10.1. The highest BCUT2D eigenvalue weighted by molar-refractivity contribution is 5.81. The summed E-state index contributed by atoms with van der Waals surface area (Å²) in [6.45, 7) is 1.43. The van der Waals surface area contributed by atoms with E-state index in [1.54, 1.807) is 6.08 Å². The Balaban J connectivity index is 1.55. The summed E-state index contributed by atoms with van der Waals surface area (Å²) in [6.07, 6.45) is 5.11. The summed E-state index contributed by atoms with van der Waals surface area (Å²) in [5.41, 5.74) is 7.25. The van der Waals surface area contributed by atoms with E-state index in [0.717, 1.165) is 42.3 Å². The molecule has 0 spiro atoms. The first kappa shape index (κ1) is 17.0.